The maximum Gasteiger partial charge on any atom is 0.344 e. The summed E-state index contributed by atoms with van der Waals surface area (Å²) in [5.74, 6) is -0.632. The van der Waals surface area contributed by atoms with Crippen LogP contribution in [0, 0.1) is 0 Å². The number of methoxy groups -OCH3 is 2. The second-order valence-electron chi connectivity index (χ2n) is 5.35. The maximum absolute atomic E-state index is 12.4. The van der Waals surface area contributed by atoms with Gasteiger partial charge < -0.3 is 23.3 Å². The molecule has 0 aromatic heterocycles. The Morgan fingerprint density at radius 3 is 2.41 bits per heavy atom. The van der Waals surface area contributed by atoms with Crippen LogP contribution in [0.4, 0.5) is 0 Å². The lowest BCUT2D eigenvalue weighted by molar-refractivity contribution is -0.121. The molecular formula is C16H23N2O8P. The molecule has 1 aliphatic heterocycles. The molecule has 1 aromatic carbocycles. The number of ether oxygens (including phenoxy) is 3. The molecule has 0 saturated heterocycles. The summed E-state index contributed by atoms with van der Waals surface area (Å²) >= 11 is 0. The van der Waals surface area contributed by atoms with Crippen LogP contribution in [-0.2, 0) is 23.1 Å². The van der Waals surface area contributed by atoms with Crippen molar-refractivity contribution in [2.45, 2.75) is 20.1 Å². The minimum absolute atomic E-state index is 0.146. The second kappa shape index (κ2) is 9.18. The quantitative estimate of drug-likeness (QED) is 0.342. The highest BCUT2D eigenvalue weighted by atomic mass is 31.2. The Bertz CT molecular complexity index is 744. The Kier molecular flexibility index (Phi) is 7.20. The molecule has 0 fully saturated rings. The third-order valence-corrected chi connectivity index (χ3v) is 5.60. The van der Waals surface area contributed by atoms with Crippen molar-refractivity contribution < 1.29 is 37.4 Å². The molecule has 0 spiro atoms. The Morgan fingerprint density at radius 1 is 1.19 bits per heavy atom. The fourth-order valence-electron chi connectivity index (χ4n) is 2.59. The largest absolute Gasteiger partial charge is 0.493 e. The van der Waals surface area contributed by atoms with Crippen LogP contribution in [0.5, 0.6) is 11.5 Å². The van der Waals surface area contributed by atoms with Gasteiger partial charge in [-0.25, -0.2) is 4.79 Å². The van der Waals surface area contributed by atoms with Crippen molar-refractivity contribution in [1.29, 1.82) is 0 Å². The van der Waals surface area contributed by atoms with E-state index in [-0.39, 0.29) is 24.5 Å². The first-order chi connectivity index (χ1) is 12.9. The molecule has 150 valence electrons. The molecule has 2 N–H and O–H groups in total. The predicted molar refractivity (Wildman–Crippen MR) is 94.7 cm³/mol. The van der Waals surface area contributed by atoms with Crippen LogP contribution in [-0.4, -0.2) is 45.5 Å². The first-order valence-corrected chi connectivity index (χ1v) is 10.00. The van der Waals surface area contributed by atoms with Crippen LogP contribution >= 0.6 is 7.60 Å². The van der Waals surface area contributed by atoms with Gasteiger partial charge in [-0.2, -0.15) is 5.43 Å². The SMILES string of the molecule is CCOP(=O)(CC(=O)NN[C@H]1OC(=O)c2c1ccc(OC)c2OC)OCC. The molecule has 1 aliphatic rings. The van der Waals surface area contributed by atoms with Crippen molar-refractivity contribution >= 4 is 19.5 Å². The fraction of sp³-hybridized carbons (Fsp3) is 0.500. The van der Waals surface area contributed by atoms with E-state index in [1.807, 2.05) is 0 Å². The van der Waals surface area contributed by atoms with Gasteiger partial charge in [0, 0.05) is 5.56 Å². The number of nitrogens with one attached hydrogen (secondary N) is 2. The van der Waals surface area contributed by atoms with Crippen LogP contribution in [0.1, 0.15) is 36.0 Å². The van der Waals surface area contributed by atoms with Crippen molar-refractivity contribution in [2.24, 2.45) is 0 Å². The zero-order chi connectivity index (χ0) is 20.0. The molecule has 0 radical (unpaired) electrons. The lowest BCUT2D eigenvalue weighted by Crippen LogP contribution is -2.41. The number of hydrogen-bond donors (Lipinski definition) is 2. The lowest BCUT2D eigenvalue weighted by atomic mass is 10.1. The Morgan fingerprint density at radius 2 is 1.85 bits per heavy atom. The maximum atomic E-state index is 12.4. The number of fused-ring (bicyclic) bond motifs is 1. The van der Waals surface area contributed by atoms with Gasteiger partial charge in [0.2, 0.25) is 5.91 Å². The molecule has 11 heteroatoms. The number of hydrogen-bond acceptors (Lipinski definition) is 9. The third kappa shape index (κ3) is 4.78. The average Bonchev–Trinajstić information content (AvgIpc) is 2.95. The number of rotatable bonds is 10. The standard InChI is InChI=1S/C16H23N2O8P/c1-5-24-27(21,25-6-2)9-12(19)17-18-15-10-7-8-11(22-3)14(23-4)13(10)16(20)26-15/h7-8,15,18H,5-6,9H2,1-4H3,(H,17,19)/t15-/m0/s1. The average molecular weight is 402 g/mol. The number of carbonyl (C=O) groups excluding carboxylic acids is 2. The first kappa shape index (κ1) is 21.2. The topological polar surface area (TPSA) is 121 Å². The van der Waals surface area contributed by atoms with E-state index in [0.717, 1.165) is 0 Å². The van der Waals surface area contributed by atoms with Gasteiger partial charge in [-0.15, -0.1) is 0 Å². The van der Waals surface area contributed by atoms with Gasteiger partial charge in [-0.3, -0.25) is 14.8 Å². The minimum atomic E-state index is -3.53. The van der Waals surface area contributed by atoms with Gasteiger partial charge in [-0.05, 0) is 26.0 Å². The molecular weight excluding hydrogens is 379 g/mol. The van der Waals surface area contributed by atoms with Crippen LogP contribution in [0.15, 0.2) is 12.1 Å². The highest BCUT2D eigenvalue weighted by molar-refractivity contribution is 7.54. The molecule has 27 heavy (non-hydrogen) atoms. The van der Waals surface area contributed by atoms with Crippen LogP contribution in [0.2, 0.25) is 0 Å². The molecule has 1 amide bonds. The highest BCUT2D eigenvalue weighted by Crippen LogP contribution is 2.47. The molecule has 2 rings (SSSR count). The number of carbonyl (C=O) groups is 2. The first-order valence-electron chi connectivity index (χ1n) is 8.27. The summed E-state index contributed by atoms with van der Waals surface area (Å²) in [6.45, 7) is 3.59. The second-order valence-corrected chi connectivity index (χ2v) is 7.40. The van der Waals surface area contributed by atoms with Crippen LogP contribution in [0.3, 0.4) is 0 Å². The van der Waals surface area contributed by atoms with E-state index in [0.29, 0.717) is 11.3 Å². The van der Waals surface area contributed by atoms with Crippen molar-refractivity contribution in [3.05, 3.63) is 23.3 Å². The smallest absolute Gasteiger partial charge is 0.344 e. The van der Waals surface area contributed by atoms with Crippen molar-refractivity contribution in [3.8, 4) is 11.5 Å². The summed E-state index contributed by atoms with van der Waals surface area (Å²) < 4.78 is 38.1. The van der Waals surface area contributed by atoms with E-state index in [9.17, 15) is 14.2 Å². The van der Waals surface area contributed by atoms with E-state index < -0.39 is 31.9 Å². The van der Waals surface area contributed by atoms with Gasteiger partial charge in [0.1, 0.15) is 11.7 Å². The summed E-state index contributed by atoms with van der Waals surface area (Å²) in [5.41, 5.74) is 5.62. The van der Waals surface area contributed by atoms with Gasteiger partial charge >= 0.3 is 13.6 Å². The molecule has 0 aliphatic carbocycles. The third-order valence-electron chi connectivity index (χ3n) is 3.62. The molecule has 1 heterocycles. The van der Waals surface area contributed by atoms with Crippen LogP contribution < -0.4 is 20.3 Å². The van der Waals surface area contributed by atoms with Gasteiger partial charge in [0.15, 0.2) is 17.7 Å². The van der Waals surface area contributed by atoms with Gasteiger partial charge in [0.25, 0.3) is 0 Å². The lowest BCUT2D eigenvalue weighted by Gasteiger charge is -2.18. The summed E-state index contributed by atoms with van der Waals surface area (Å²) in [7, 11) is -0.671. The van der Waals surface area contributed by atoms with E-state index >= 15 is 0 Å². The van der Waals surface area contributed by atoms with Gasteiger partial charge in [0.05, 0.1) is 27.4 Å². The molecule has 1 aromatic rings. The van der Waals surface area contributed by atoms with E-state index in [1.165, 1.54) is 14.2 Å². The number of amides is 1. The van der Waals surface area contributed by atoms with E-state index in [2.05, 4.69) is 10.9 Å². The van der Waals surface area contributed by atoms with E-state index in [1.54, 1.807) is 26.0 Å². The Hall–Kier alpha value is -2.13. The summed E-state index contributed by atoms with van der Waals surface area (Å²) in [6, 6.07) is 3.24. The summed E-state index contributed by atoms with van der Waals surface area (Å²) in [4.78, 5) is 24.3. The van der Waals surface area contributed by atoms with E-state index in [4.69, 9.17) is 23.3 Å². The summed E-state index contributed by atoms with van der Waals surface area (Å²) in [6.07, 6.45) is -1.41. The normalized spacial score (nSPS) is 15.9. The van der Waals surface area contributed by atoms with Crippen molar-refractivity contribution in [2.75, 3.05) is 33.6 Å². The zero-order valence-corrected chi connectivity index (χ0v) is 16.5. The summed E-state index contributed by atoms with van der Waals surface area (Å²) in [5, 5.41) is 0. The predicted octanol–water partition coefficient (Wildman–Crippen LogP) is 1.76. The molecule has 1 atom stereocenters. The van der Waals surface area contributed by atoms with Gasteiger partial charge in [-0.1, -0.05) is 0 Å². The fourth-order valence-corrected chi connectivity index (χ4v) is 4.07. The monoisotopic (exact) mass is 402 g/mol. The molecule has 0 saturated carbocycles. The Balaban J connectivity index is 2.08. The zero-order valence-electron chi connectivity index (χ0n) is 15.6. The minimum Gasteiger partial charge on any atom is -0.493 e. The van der Waals surface area contributed by atoms with Crippen molar-refractivity contribution in [1.82, 2.24) is 10.9 Å². The number of hydrazine groups is 1. The Labute approximate surface area is 156 Å². The molecule has 10 nitrogen and oxygen atoms in total. The molecule has 0 unspecified atom stereocenters. The molecule has 0 bridgehead atoms. The highest BCUT2D eigenvalue weighted by Gasteiger charge is 2.36. The van der Waals surface area contributed by atoms with Crippen molar-refractivity contribution in [3.63, 3.8) is 0 Å². The number of benzene rings is 1. The van der Waals surface area contributed by atoms with Crippen LogP contribution in [0.25, 0.3) is 0 Å². The number of cyclic esters (lactones) is 1. The number of esters is 1.